The largest absolute Gasteiger partial charge is 0.465 e. The summed E-state index contributed by atoms with van der Waals surface area (Å²) < 4.78 is 75.0. The number of aromatic amines is 1. The lowest BCUT2D eigenvalue weighted by molar-refractivity contribution is -0.144. The van der Waals surface area contributed by atoms with Crippen molar-refractivity contribution in [1.82, 2.24) is 15.2 Å². The molecule has 4 rings (SSSR count). The van der Waals surface area contributed by atoms with Crippen molar-refractivity contribution in [2.75, 3.05) is 18.2 Å². The number of ether oxygens (including phenoxy) is 2. The molecule has 3 aromatic rings. The number of carbonyl (C=O) groups excluding carboxylic acids is 3. The number of nitrogens with zero attached hydrogens (tertiary/aromatic N) is 2. The first-order valence-electron chi connectivity index (χ1n) is 13.7. The zero-order valence-corrected chi connectivity index (χ0v) is 26.3. The van der Waals surface area contributed by atoms with Crippen molar-refractivity contribution in [3.63, 3.8) is 0 Å². The van der Waals surface area contributed by atoms with Gasteiger partial charge in [0.25, 0.3) is 31.7 Å². The zero-order chi connectivity index (χ0) is 34.5. The predicted molar refractivity (Wildman–Crippen MR) is 166 cm³/mol. The Labute approximate surface area is 268 Å². The number of carbonyl (C=O) groups is 3. The minimum Gasteiger partial charge on any atom is -0.465 e. The van der Waals surface area contributed by atoms with Gasteiger partial charge >= 0.3 is 11.9 Å². The van der Waals surface area contributed by atoms with Crippen LogP contribution in [-0.2, 0) is 39.3 Å². The van der Waals surface area contributed by atoms with E-state index in [1.807, 2.05) is 0 Å². The van der Waals surface area contributed by atoms with E-state index in [4.69, 9.17) is 9.47 Å². The molecule has 16 nitrogen and oxygen atoms in total. The standard InChI is InChI=1S/C29H28N4O12S2/c1-3-44-28(36)24-22(26(34)32(30-24)18-10-14-20(15-11-18)46(38,39)40)8-6-5-7-9-23-25(29(37)45-4-2)31-33(27(23)35)19-12-16-21(17-13-19)47(41,42)43/h5-17,24,30-31H,3-4H2,1-2H3,(H,38,39,40)(H,41,42,43). The van der Waals surface area contributed by atoms with Crippen molar-refractivity contribution >= 4 is 49.8 Å². The molecule has 1 amide bonds. The van der Waals surface area contributed by atoms with Crippen molar-refractivity contribution < 1.29 is 49.8 Å². The van der Waals surface area contributed by atoms with Gasteiger partial charge in [0, 0.05) is 5.57 Å². The minimum atomic E-state index is -4.47. The van der Waals surface area contributed by atoms with Gasteiger partial charge in [-0.05, 0) is 68.5 Å². The van der Waals surface area contributed by atoms with Gasteiger partial charge < -0.3 is 9.47 Å². The van der Waals surface area contributed by atoms with Crippen LogP contribution in [0.25, 0.3) is 11.8 Å². The molecule has 2 aromatic carbocycles. The third-order valence-corrected chi connectivity index (χ3v) is 8.23. The first-order valence-corrected chi connectivity index (χ1v) is 16.5. The van der Waals surface area contributed by atoms with Gasteiger partial charge in [0.05, 0.1) is 39.9 Å². The minimum absolute atomic E-state index is 0.0110. The molecule has 1 aromatic heterocycles. The topological polar surface area (TPSA) is 231 Å². The second kappa shape index (κ2) is 14.1. The van der Waals surface area contributed by atoms with Crippen LogP contribution in [0.2, 0.25) is 0 Å². The van der Waals surface area contributed by atoms with Gasteiger partial charge in [0.15, 0.2) is 11.7 Å². The van der Waals surface area contributed by atoms with Crippen LogP contribution >= 0.6 is 0 Å². The molecule has 0 saturated carbocycles. The number of amides is 1. The smallest absolute Gasteiger partial charge is 0.357 e. The molecule has 47 heavy (non-hydrogen) atoms. The summed E-state index contributed by atoms with van der Waals surface area (Å²) in [5, 5.41) is 3.65. The van der Waals surface area contributed by atoms with Crippen LogP contribution in [0.3, 0.4) is 0 Å². The maximum atomic E-state index is 13.3. The lowest BCUT2D eigenvalue weighted by Crippen LogP contribution is -2.41. The number of H-pyrrole nitrogens is 1. The summed E-state index contributed by atoms with van der Waals surface area (Å²) in [6.45, 7) is 3.20. The molecule has 1 saturated heterocycles. The van der Waals surface area contributed by atoms with E-state index in [2.05, 4.69) is 10.5 Å². The Kier molecular flexibility index (Phi) is 10.4. The number of esters is 2. The second-order valence-corrected chi connectivity index (χ2v) is 12.4. The molecule has 0 radical (unpaired) electrons. The fraction of sp³-hybridized carbons (Fsp3) is 0.172. The van der Waals surface area contributed by atoms with Crippen molar-refractivity contribution in [3.05, 3.63) is 100 Å². The molecule has 1 fully saturated rings. The highest BCUT2D eigenvalue weighted by Crippen LogP contribution is 2.25. The van der Waals surface area contributed by atoms with Crippen LogP contribution in [0.4, 0.5) is 5.69 Å². The summed E-state index contributed by atoms with van der Waals surface area (Å²) in [6.07, 6.45) is 6.81. The van der Waals surface area contributed by atoms with Gasteiger partial charge in [0.1, 0.15) is 0 Å². The second-order valence-electron chi connectivity index (χ2n) is 9.52. The normalized spacial score (nSPS) is 16.4. The van der Waals surface area contributed by atoms with Crippen LogP contribution in [-0.4, -0.2) is 72.8 Å². The van der Waals surface area contributed by atoms with Gasteiger partial charge in [-0.15, -0.1) is 0 Å². The lowest BCUT2D eigenvalue weighted by Gasteiger charge is -2.17. The van der Waals surface area contributed by atoms with E-state index in [1.54, 1.807) is 13.8 Å². The third-order valence-electron chi connectivity index (χ3n) is 6.49. The van der Waals surface area contributed by atoms with Gasteiger partial charge in [-0.3, -0.25) is 23.8 Å². The summed E-state index contributed by atoms with van der Waals surface area (Å²) in [6, 6.07) is 8.09. The molecule has 2 heterocycles. The Bertz CT molecular complexity index is 2060. The Hall–Kier alpha value is -5.14. The predicted octanol–water partition coefficient (Wildman–Crippen LogP) is 1.81. The van der Waals surface area contributed by atoms with E-state index in [0.717, 1.165) is 34.0 Å². The van der Waals surface area contributed by atoms with Crippen LogP contribution in [0.5, 0.6) is 0 Å². The number of benzene rings is 2. The molecule has 4 N–H and O–H groups in total. The fourth-order valence-electron chi connectivity index (χ4n) is 4.33. The molecule has 0 aliphatic carbocycles. The van der Waals surface area contributed by atoms with E-state index in [-0.39, 0.29) is 41.4 Å². The molecule has 1 atom stereocenters. The van der Waals surface area contributed by atoms with E-state index >= 15 is 0 Å². The number of allylic oxidation sites excluding steroid dienone is 4. The Morgan fingerprint density at radius 3 is 1.91 bits per heavy atom. The molecule has 248 valence electrons. The number of nitrogens with one attached hydrogen (secondary N) is 2. The third kappa shape index (κ3) is 7.81. The van der Waals surface area contributed by atoms with Crippen LogP contribution < -0.4 is 16.0 Å². The molecule has 1 unspecified atom stereocenters. The average molecular weight is 689 g/mol. The van der Waals surface area contributed by atoms with E-state index < -0.39 is 59.5 Å². The van der Waals surface area contributed by atoms with Crippen molar-refractivity contribution in [1.29, 1.82) is 0 Å². The van der Waals surface area contributed by atoms with E-state index in [0.29, 0.717) is 0 Å². The zero-order valence-electron chi connectivity index (χ0n) is 24.7. The number of anilines is 1. The average Bonchev–Trinajstić information content (AvgIpc) is 3.52. The fourth-order valence-corrected chi connectivity index (χ4v) is 5.29. The maximum Gasteiger partial charge on any atom is 0.357 e. The SMILES string of the molecule is CCOC(=O)c1[nH]n(-c2ccc(S(=O)(=O)O)cc2)c(=O)c1C=CC=CC=C1C(=O)N(c2ccc(S(=O)(=O)O)cc2)NC1C(=O)OCC. The number of rotatable bonds is 11. The van der Waals surface area contributed by atoms with Crippen LogP contribution in [0.15, 0.2) is 93.0 Å². The first-order chi connectivity index (χ1) is 22.2. The highest BCUT2D eigenvalue weighted by atomic mass is 32.2. The number of hydrazine groups is 1. The summed E-state index contributed by atoms with van der Waals surface area (Å²) in [7, 11) is -8.95. The summed E-state index contributed by atoms with van der Waals surface area (Å²) in [5.74, 6) is -2.26. The lowest BCUT2D eigenvalue weighted by atomic mass is 10.1. The summed E-state index contributed by atoms with van der Waals surface area (Å²) >= 11 is 0. The van der Waals surface area contributed by atoms with Gasteiger partial charge in [0.2, 0.25) is 0 Å². The highest BCUT2D eigenvalue weighted by Gasteiger charge is 2.40. The van der Waals surface area contributed by atoms with Crippen molar-refractivity contribution in [2.24, 2.45) is 0 Å². The highest BCUT2D eigenvalue weighted by molar-refractivity contribution is 7.86. The maximum absolute atomic E-state index is 13.3. The number of hydrogen-bond acceptors (Lipinski definition) is 11. The van der Waals surface area contributed by atoms with E-state index in [1.165, 1.54) is 54.6 Å². The molecule has 1 aliphatic heterocycles. The quantitative estimate of drug-likeness (QED) is 0.0976. The van der Waals surface area contributed by atoms with Gasteiger partial charge in [-0.25, -0.2) is 24.7 Å². The molecule has 1 aliphatic rings. The van der Waals surface area contributed by atoms with Crippen molar-refractivity contribution in [3.8, 4) is 5.69 Å². The number of hydrogen-bond donors (Lipinski definition) is 4. The molecule has 0 spiro atoms. The summed E-state index contributed by atoms with van der Waals surface area (Å²) in [5.41, 5.74) is 2.01. The Morgan fingerprint density at radius 2 is 1.38 bits per heavy atom. The molecular formula is C29H28N4O12S2. The van der Waals surface area contributed by atoms with Crippen LogP contribution in [0.1, 0.15) is 29.9 Å². The number of aromatic nitrogens is 2. The van der Waals surface area contributed by atoms with Crippen LogP contribution in [0, 0.1) is 0 Å². The molecular weight excluding hydrogens is 660 g/mol. The van der Waals surface area contributed by atoms with Gasteiger partial charge in [-0.1, -0.05) is 24.3 Å². The summed E-state index contributed by atoms with van der Waals surface area (Å²) in [4.78, 5) is 50.9. The first kappa shape index (κ1) is 34.7. The van der Waals surface area contributed by atoms with Gasteiger partial charge in [-0.2, -0.15) is 16.8 Å². The van der Waals surface area contributed by atoms with E-state index in [9.17, 15) is 45.1 Å². The Balaban J connectivity index is 1.63. The monoisotopic (exact) mass is 688 g/mol. The Morgan fingerprint density at radius 1 is 0.830 bits per heavy atom. The molecule has 0 bridgehead atoms. The molecule has 18 heteroatoms. The van der Waals surface area contributed by atoms with Crippen molar-refractivity contribution in [2.45, 2.75) is 29.7 Å².